The van der Waals surface area contributed by atoms with Crippen LogP contribution in [0, 0.1) is 23.5 Å². The van der Waals surface area contributed by atoms with Crippen LogP contribution in [-0.4, -0.2) is 15.4 Å². The van der Waals surface area contributed by atoms with E-state index in [0.29, 0.717) is 11.5 Å². The second-order valence-corrected chi connectivity index (χ2v) is 14.9. The minimum absolute atomic E-state index is 0.267. The first-order chi connectivity index (χ1) is 17.9. The molecule has 0 radical (unpaired) electrons. The molecule has 0 aromatic heterocycles. The standard InChI is InChI=1S/C31H42F4OSi/c1-2-3-4-17-37-18-15-23(16-19-37)6-5-22-7-9-24(10-8-22)25-11-13-27(28(32)20-25)26-12-14-30(29(33)21-26)36-31(34)35/h11-14,20-24,31,37H,2-10,15-19H2,1H3. The van der Waals surface area contributed by atoms with Crippen LogP contribution < -0.4 is 4.74 Å². The van der Waals surface area contributed by atoms with E-state index < -0.39 is 32.8 Å². The molecule has 1 saturated carbocycles. The van der Waals surface area contributed by atoms with E-state index in [4.69, 9.17) is 0 Å². The number of benzene rings is 2. The number of rotatable bonds is 11. The second kappa shape index (κ2) is 13.8. The highest BCUT2D eigenvalue weighted by Crippen LogP contribution is 2.40. The number of hydrogen-bond donors (Lipinski definition) is 0. The van der Waals surface area contributed by atoms with Gasteiger partial charge < -0.3 is 4.74 Å². The van der Waals surface area contributed by atoms with Gasteiger partial charge in [0, 0.05) is 14.4 Å². The highest BCUT2D eigenvalue weighted by atomic mass is 28.3. The molecule has 0 unspecified atom stereocenters. The third kappa shape index (κ3) is 8.08. The van der Waals surface area contributed by atoms with Gasteiger partial charge in [0.1, 0.15) is 5.82 Å². The van der Waals surface area contributed by atoms with Gasteiger partial charge in [0.15, 0.2) is 11.6 Å². The molecule has 37 heavy (non-hydrogen) atoms. The molecule has 4 rings (SSSR count). The van der Waals surface area contributed by atoms with Crippen molar-refractivity contribution in [1.29, 1.82) is 0 Å². The van der Waals surface area contributed by atoms with Crippen LogP contribution in [0.1, 0.15) is 89.0 Å². The molecule has 1 aliphatic carbocycles. The van der Waals surface area contributed by atoms with Crippen LogP contribution in [0.25, 0.3) is 11.1 Å². The molecule has 2 aromatic carbocycles. The maximum absolute atomic E-state index is 15.0. The summed E-state index contributed by atoms with van der Waals surface area (Å²) in [5.41, 5.74) is 1.58. The smallest absolute Gasteiger partial charge is 0.387 e. The molecule has 1 aliphatic heterocycles. The summed E-state index contributed by atoms with van der Waals surface area (Å²) in [5.74, 6) is 0.247. The predicted molar refractivity (Wildman–Crippen MR) is 146 cm³/mol. The summed E-state index contributed by atoms with van der Waals surface area (Å²) < 4.78 is 58.0. The van der Waals surface area contributed by atoms with Gasteiger partial charge in [-0.05, 0) is 72.8 Å². The maximum atomic E-state index is 15.0. The molecule has 1 heterocycles. The molecule has 2 aliphatic rings. The summed E-state index contributed by atoms with van der Waals surface area (Å²) >= 11 is 0. The van der Waals surface area contributed by atoms with Gasteiger partial charge in [-0.15, -0.1) is 0 Å². The van der Waals surface area contributed by atoms with Crippen molar-refractivity contribution in [3.8, 4) is 16.9 Å². The van der Waals surface area contributed by atoms with E-state index in [0.717, 1.165) is 42.4 Å². The van der Waals surface area contributed by atoms with Crippen molar-refractivity contribution in [3.63, 3.8) is 0 Å². The minimum atomic E-state index is -3.10. The molecule has 0 spiro atoms. The van der Waals surface area contributed by atoms with Crippen LogP contribution in [-0.2, 0) is 0 Å². The third-order valence-corrected chi connectivity index (χ3v) is 12.5. The fraction of sp³-hybridized carbons (Fsp3) is 0.613. The van der Waals surface area contributed by atoms with Gasteiger partial charge in [0.2, 0.25) is 0 Å². The fourth-order valence-electron chi connectivity index (χ4n) is 6.63. The summed E-state index contributed by atoms with van der Waals surface area (Å²) in [6.45, 7) is -0.808. The molecule has 204 valence electrons. The van der Waals surface area contributed by atoms with Crippen molar-refractivity contribution in [2.24, 2.45) is 11.8 Å². The zero-order valence-corrected chi connectivity index (χ0v) is 23.3. The van der Waals surface area contributed by atoms with Gasteiger partial charge in [-0.25, -0.2) is 8.78 Å². The van der Waals surface area contributed by atoms with Gasteiger partial charge in [0.25, 0.3) is 0 Å². The van der Waals surface area contributed by atoms with Gasteiger partial charge in [0.05, 0.1) is 0 Å². The lowest BCUT2D eigenvalue weighted by molar-refractivity contribution is -0.0521. The number of halogens is 4. The molecule has 2 aromatic rings. The van der Waals surface area contributed by atoms with Gasteiger partial charge in [-0.2, -0.15) is 8.78 Å². The zero-order chi connectivity index (χ0) is 26.2. The Kier molecular flexibility index (Phi) is 10.5. The molecule has 0 N–H and O–H groups in total. The average Bonchev–Trinajstić information content (AvgIpc) is 2.90. The Bertz CT molecular complexity index is 981. The molecular formula is C31H42F4OSi. The van der Waals surface area contributed by atoms with Gasteiger partial charge in [-0.1, -0.05) is 88.2 Å². The lowest BCUT2D eigenvalue weighted by Crippen LogP contribution is -2.22. The zero-order valence-electron chi connectivity index (χ0n) is 22.2. The second-order valence-electron chi connectivity index (χ2n) is 11.4. The highest BCUT2D eigenvalue weighted by Gasteiger charge is 2.26. The van der Waals surface area contributed by atoms with Crippen LogP contribution in [0.2, 0.25) is 18.1 Å². The Morgan fingerprint density at radius 1 is 0.838 bits per heavy atom. The minimum Gasteiger partial charge on any atom is -0.432 e. The van der Waals surface area contributed by atoms with Crippen molar-refractivity contribution >= 4 is 8.80 Å². The van der Waals surface area contributed by atoms with Crippen LogP contribution >= 0.6 is 0 Å². The average molecular weight is 535 g/mol. The van der Waals surface area contributed by atoms with Gasteiger partial charge in [-0.3, -0.25) is 0 Å². The molecule has 2 fully saturated rings. The summed E-state index contributed by atoms with van der Waals surface area (Å²) in [6.07, 6.45) is 14.6. The highest BCUT2D eigenvalue weighted by molar-refractivity contribution is 6.58. The van der Waals surface area contributed by atoms with Crippen molar-refractivity contribution < 1.29 is 22.3 Å². The molecule has 1 saturated heterocycles. The van der Waals surface area contributed by atoms with E-state index in [-0.39, 0.29) is 5.56 Å². The summed E-state index contributed by atoms with van der Waals surface area (Å²) in [5, 5.41) is 0. The summed E-state index contributed by atoms with van der Waals surface area (Å²) in [4.78, 5) is 0. The Labute approximate surface area is 221 Å². The molecule has 0 atom stereocenters. The maximum Gasteiger partial charge on any atom is 0.387 e. The normalized spacial score (nSPS) is 24.4. The molecular weight excluding hydrogens is 492 g/mol. The summed E-state index contributed by atoms with van der Waals surface area (Å²) in [7, 11) is -0.419. The molecule has 6 heteroatoms. The first-order valence-electron chi connectivity index (χ1n) is 14.5. The number of hydrogen-bond acceptors (Lipinski definition) is 1. The Balaban J connectivity index is 1.23. The number of ether oxygens (including phenoxy) is 1. The summed E-state index contributed by atoms with van der Waals surface area (Å²) in [6, 6.07) is 13.5. The Hall–Kier alpha value is -1.82. The largest absolute Gasteiger partial charge is 0.432 e. The topological polar surface area (TPSA) is 9.23 Å². The fourth-order valence-corrected chi connectivity index (χ4v) is 10.2. The van der Waals surface area contributed by atoms with Crippen LogP contribution in [0.4, 0.5) is 17.6 Å². The van der Waals surface area contributed by atoms with E-state index in [1.807, 2.05) is 6.07 Å². The van der Waals surface area contributed by atoms with E-state index in [1.54, 1.807) is 30.3 Å². The van der Waals surface area contributed by atoms with E-state index in [2.05, 4.69) is 11.7 Å². The lowest BCUT2D eigenvalue weighted by Gasteiger charge is -2.32. The van der Waals surface area contributed by atoms with E-state index >= 15 is 0 Å². The van der Waals surface area contributed by atoms with Crippen LogP contribution in [0.15, 0.2) is 36.4 Å². The van der Waals surface area contributed by atoms with Crippen molar-refractivity contribution in [1.82, 2.24) is 0 Å². The third-order valence-electron chi connectivity index (χ3n) is 8.94. The SMILES string of the molecule is CCCCC[SiH]1CCC(CCC2CCC(c3ccc(-c4ccc(OC(F)F)c(F)c4)c(F)c3)CC2)CC1. The molecule has 0 bridgehead atoms. The van der Waals surface area contributed by atoms with Crippen LogP contribution in [0.3, 0.4) is 0 Å². The van der Waals surface area contributed by atoms with Gasteiger partial charge >= 0.3 is 6.61 Å². The quantitative estimate of drug-likeness (QED) is 0.158. The van der Waals surface area contributed by atoms with Crippen LogP contribution in [0.5, 0.6) is 5.75 Å². The van der Waals surface area contributed by atoms with Crippen molar-refractivity contribution in [3.05, 3.63) is 53.6 Å². The molecule has 1 nitrogen and oxygen atoms in total. The predicted octanol–water partition coefficient (Wildman–Crippen LogP) is 10.1. The Morgan fingerprint density at radius 2 is 1.54 bits per heavy atom. The first kappa shape index (κ1) is 28.2. The number of alkyl halides is 2. The van der Waals surface area contributed by atoms with Crippen molar-refractivity contribution in [2.75, 3.05) is 0 Å². The van der Waals surface area contributed by atoms with E-state index in [1.165, 1.54) is 63.9 Å². The monoisotopic (exact) mass is 534 g/mol. The number of unbranched alkanes of at least 4 members (excludes halogenated alkanes) is 2. The molecule has 0 amide bonds. The van der Waals surface area contributed by atoms with E-state index in [9.17, 15) is 17.6 Å². The lowest BCUT2D eigenvalue weighted by atomic mass is 9.76. The Morgan fingerprint density at radius 3 is 2.16 bits per heavy atom. The van der Waals surface area contributed by atoms with Crippen molar-refractivity contribution in [2.45, 2.75) is 108 Å². The first-order valence-corrected chi connectivity index (χ1v) is 16.9.